The lowest BCUT2D eigenvalue weighted by molar-refractivity contribution is -0.129. The molecule has 0 fully saturated rings. The molecule has 0 spiro atoms. The Labute approximate surface area is 188 Å². The Hall–Kier alpha value is -2.06. The molecule has 0 unspecified atom stereocenters. The van der Waals surface area contributed by atoms with E-state index in [0.717, 1.165) is 21.1 Å². The van der Waals surface area contributed by atoms with Gasteiger partial charge in [0.25, 0.3) is 0 Å². The third kappa shape index (κ3) is 5.11. The molecule has 3 rings (SSSR count). The van der Waals surface area contributed by atoms with Gasteiger partial charge in [-0.15, -0.1) is 0 Å². The van der Waals surface area contributed by atoms with Crippen LogP contribution in [0.3, 0.4) is 0 Å². The number of halogens is 2. The van der Waals surface area contributed by atoms with Crippen LogP contribution in [0.5, 0.6) is 11.5 Å². The van der Waals surface area contributed by atoms with Crippen LogP contribution in [0, 0.1) is 10.5 Å². The number of nitrogens with zero attached hydrogens (tertiary/aromatic N) is 1. The standard InChI is InChI=1S/C22H21ClINO4/c1-4-8-28-20-16(23)10-14(12-19(20)27-5-2)11-18-22(26)29-21(25-18)15-6-7-17(24)13(3)9-15/h6-7,9-12H,4-5,8H2,1-3H3/b18-11-. The number of hydrogen-bond acceptors (Lipinski definition) is 5. The molecule has 0 aromatic heterocycles. The molecule has 1 aliphatic rings. The summed E-state index contributed by atoms with van der Waals surface area (Å²) in [7, 11) is 0. The Morgan fingerprint density at radius 2 is 2.00 bits per heavy atom. The Morgan fingerprint density at radius 1 is 1.21 bits per heavy atom. The summed E-state index contributed by atoms with van der Waals surface area (Å²) in [5, 5.41) is 0.417. The molecule has 0 aliphatic carbocycles. The minimum atomic E-state index is -0.503. The van der Waals surface area contributed by atoms with E-state index < -0.39 is 5.97 Å². The molecular formula is C22H21ClINO4. The van der Waals surface area contributed by atoms with E-state index in [-0.39, 0.29) is 5.70 Å². The lowest BCUT2D eigenvalue weighted by Gasteiger charge is -2.14. The number of cyclic esters (lactones) is 1. The fourth-order valence-electron chi connectivity index (χ4n) is 2.75. The summed E-state index contributed by atoms with van der Waals surface area (Å²) in [4.78, 5) is 16.7. The Morgan fingerprint density at radius 3 is 2.69 bits per heavy atom. The largest absolute Gasteiger partial charge is 0.490 e. The zero-order valence-corrected chi connectivity index (χ0v) is 19.3. The number of ether oxygens (including phenoxy) is 3. The molecular weight excluding hydrogens is 505 g/mol. The van der Waals surface area contributed by atoms with Gasteiger partial charge in [-0.25, -0.2) is 9.79 Å². The van der Waals surface area contributed by atoms with E-state index in [0.29, 0.717) is 41.2 Å². The van der Waals surface area contributed by atoms with Crippen LogP contribution in [0.4, 0.5) is 0 Å². The highest BCUT2D eigenvalue weighted by Crippen LogP contribution is 2.37. The van der Waals surface area contributed by atoms with Crippen LogP contribution in [0.2, 0.25) is 5.02 Å². The third-order valence-electron chi connectivity index (χ3n) is 4.11. The van der Waals surface area contributed by atoms with Crippen molar-refractivity contribution in [3.63, 3.8) is 0 Å². The molecule has 0 radical (unpaired) electrons. The van der Waals surface area contributed by atoms with E-state index in [2.05, 4.69) is 27.6 Å². The van der Waals surface area contributed by atoms with Crippen molar-refractivity contribution in [2.75, 3.05) is 13.2 Å². The first-order valence-corrected chi connectivity index (χ1v) is 10.8. The highest BCUT2D eigenvalue weighted by atomic mass is 127. The molecule has 1 heterocycles. The normalized spacial score (nSPS) is 14.7. The van der Waals surface area contributed by atoms with Crippen LogP contribution in [0.1, 0.15) is 37.0 Å². The quantitative estimate of drug-likeness (QED) is 0.261. The number of hydrogen-bond donors (Lipinski definition) is 0. The van der Waals surface area contributed by atoms with Crippen molar-refractivity contribution in [3.8, 4) is 11.5 Å². The van der Waals surface area contributed by atoms with Gasteiger partial charge in [-0.1, -0.05) is 18.5 Å². The van der Waals surface area contributed by atoms with Gasteiger partial charge >= 0.3 is 5.97 Å². The molecule has 29 heavy (non-hydrogen) atoms. The SMILES string of the molecule is CCCOc1c(Cl)cc(/C=C2\N=C(c3ccc(I)c(C)c3)OC2=O)cc1OCC. The first kappa shape index (κ1) is 21.6. The fraction of sp³-hybridized carbons (Fsp3) is 0.273. The van der Waals surface area contributed by atoms with Crippen LogP contribution < -0.4 is 9.47 Å². The second-order valence-corrected chi connectivity index (χ2v) is 7.98. The van der Waals surface area contributed by atoms with Crippen molar-refractivity contribution in [1.29, 1.82) is 0 Å². The maximum absolute atomic E-state index is 12.3. The van der Waals surface area contributed by atoms with Gasteiger partial charge in [0.05, 0.1) is 18.2 Å². The van der Waals surface area contributed by atoms with Gasteiger partial charge in [0, 0.05) is 9.13 Å². The number of aliphatic imine (C=N–C) groups is 1. The second-order valence-electron chi connectivity index (χ2n) is 6.41. The molecule has 1 aliphatic heterocycles. The molecule has 0 saturated heterocycles. The summed E-state index contributed by atoms with van der Waals surface area (Å²) in [6, 6.07) is 9.29. The molecule has 0 N–H and O–H groups in total. The summed E-state index contributed by atoms with van der Waals surface area (Å²) in [5.74, 6) is 0.825. The van der Waals surface area contributed by atoms with Crippen molar-refractivity contribution < 1.29 is 19.0 Å². The summed E-state index contributed by atoms with van der Waals surface area (Å²) in [6.45, 7) is 6.91. The van der Waals surface area contributed by atoms with E-state index in [4.69, 9.17) is 25.8 Å². The summed E-state index contributed by atoms with van der Waals surface area (Å²) < 4.78 is 17.9. The maximum atomic E-state index is 12.3. The number of aryl methyl sites for hydroxylation is 1. The van der Waals surface area contributed by atoms with E-state index in [1.165, 1.54) is 0 Å². The van der Waals surface area contributed by atoms with E-state index in [9.17, 15) is 4.79 Å². The zero-order chi connectivity index (χ0) is 21.0. The van der Waals surface area contributed by atoms with Crippen molar-refractivity contribution in [1.82, 2.24) is 0 Å². The van der Waals surface area contributed by atoms with Gasteiger partial charge in [0.15, 0.2) is 17.2 Å². The van der Waals surface area contributed by atoms with E-state index in [1.54, 1.807) is 18.2 Å². The molecule has 152 valence electrons. The molecule has 5 nitrogen and oxygen atoms in total. The van der Waals surface area contributed by atoms with Gasteiger partial charge < -0.3 is 14.2 Å². The van der Waals surface area contributed by atoms with Crippen molar-refractivity contribution >= 4 is 52.1 Å². The van der Waals surface area contributed by atoms with Crippen LogP contribution in [-0.4, -0.2) is 25.1 Å². The lowest BCUT2D eigenvalue weighted by Crippen LogP contribution is -2.05. The monoisotopic (exact) mass is 525 g/mol. The smallest absolute Gasteiger partial charge is 0.363 e. The number of rotatable bonds is 7. The number of benzene rings is 2. The first-order chi connectivity index (χ1) is 13.9. The topological polar surface area (TPSA) is 57.1 Å². The van der Waals surface area contributed by atoms with Crippen LogP contribution in [0.25, 0.3) is 6.08 Å². The molecule has 0 saturated carbocycles. The van der Waals surface area contributed by atoms with E-state index >= 15 is 0 Å². The zero-order valence-electron chi connectivity index (χ0n) is 16.4. The molecule has 7 heteroatoms. The van der Waals surface area contributed by atoms with Crippen LogP contribution in [0.15, 0.2) is 41.0 Å². The highest BCUT2D eigenvalue weighted by molar-refractivity contribution is 14.1. The van der Waals surface area contributed by atoms with Gasteiger partial charge in [0.2, 0.25) is 5.90 Å². The Balaban J connectivity index is 1.95. The molecule has 0 amide bonds. The first-order valence-electron chi connectivity index (χ1n) is 9.31. The van der Waals surface area contributed by atoms with E-state index in [1.807, 2.05) is 39.0 Å². The number of carbonyl (C=O) groups excluding carboxylic acids is 1. The average Bonchev–Trinajstić information content (AvgIpc) is 3.04. The second kappa shape index (κ2) is 9.63. The van der Waals surface area contributed by atoms with Crippen LogP contribution in [-0.2, 0) is 9.53 Å². The van der Waals surface area contributed by atoms with Gasteiger partial charge in [-0.05, 0) is 90.4 Å². The molecule has 0 atom stereocenters. The predicted molar refractivity (Wildman–Crippen MR) is 123 cm³/mol. The van der Waals surface area contributed by atoms with Crippen molar-refractivity contribution in [2.45, 2.75) is 27.2 Å². The molecule has 2 aromatic carbocycles. The summed E-state index contributed by atoms with van der Waals surface area (Å²) in [6.07, 6.45) is 2.49. The van der Waals surface area contributed by atoms with Crippen molar-refractivity contribution in [2.24, 2.45) is 4.99 Å². The molecule has 2 aromatic rings. The minimum absolute atomic E-state index is 0.206. The predicted octanol–water partition coefficient (Wildman–Crippen LogP) is 5.79. The van der Waals surface area contributed by atoms with Crippen LogP contribution >= 0.6 is 34.2 Å². The molecule has 0 bridgehead atoms. The summed E-state index contributed by atoms with van der Waals surface area (Å²) in [5.41, 5.74) is 2.74. The van der Waals surface area contributed by atoms with Gasteiger partial charge in [-0.3, -0.25) is 0 Å². The third-order valence-corrected chi connectivity index (χ3v) is 5.60. The maximum Gasteiger partial charge on any atom is 0.363 e. The van der Waals surface area contributed by atoms with Gasteiger partial charge in [0.1, 0.15) is 0 Å². The Bertz CT molecular complexity index is 1000. The fourth-order valence-corrected chi connectivity index (χ4v) is 3.36. The summed E-state index contributed by atoms with van der Waals surface area (Å²) >= 11 is 8.66. The Kier molecular flexibility index (Phi) is 7.18. The average molecular weight is 526 g/mol. The number of carbonyl (C=O) groups is 1. The lowest BCUT2D eigenvalue weighted by atomic mass is 10.1. The minimum Gasteiger partial charge on any atom is -0.490 e. The number of esters is 1. The van der Waals surface area contributed by atoms with Crippen molar-refractivity contribution in [3.05, 3.63) is 61.3 Å². The highest BCUT2D eigenvalue weighted by Gasteiger charge is 2.25. The van der Waals surface area contributed by atoms with Gasteiger partial charge in [-0.2, -0.15) is 0 Å².